The highest BCUT2D eigenvalue weighted by Crippen LogP contribution is 2.26. The summed E-state index contributed by atoms with van der Waals surface area (Å²) in [5.41, 5.74) is 1.62. The van der Waals surface area contributed by atoms with E-state index < -0.39 is 0 Å². The molecule has 2 aliphatic heterocycles. The predicted molar refractivity (Wildman–Crippen MR) is 124 cm³/mol. The lowest BCUT2D eigenvalue weighted by atomic mass is 9.94. The van der Waals surface area contributed by atoms with Crippen LogP contribution in [0.25, 0.3) is 0 Å². The zero-order valence-electron chi connectivity index (χ0n) is 17.8. The van der Waals surface area contributed by atoms with Crippen LogP contribution in [-0.4, -0.2) is 47.8 Å². The van der Waals surface area contributed by atoms with Crippen LogP contribution in [0.4, 0.5) is 0 Å². The van der Waals surface area contributed by atoms with Crippen molar-refractivity contribution in [2.75, 3.05) is 26.2 Å². The van der Waals surface area contributed by atoms with Crippen molar-refractivity contribution in [1.29, 1.82) is 0 Å². The van der Waals surface area contributed by atoms with Crippen molar-refractivity contribution in [1.82, 2.24) is 9.80 Å². The zero-order chi connectivity index (χ0) is 21.6. The Morgan fingerprint density at radius 3 is 2.39 bits per heavy atom. The number of carbonyl (C=O) groups excluding carboxylic acids is 2. The second-order valence-corrected chi connectivity index (χ2v) is 9.28. The molecule has 0 bridgehead atoms. The first kappa shape index (κ1) is 21.9. The van der Waals surface area contributed by atoms with E-state index in [9.17, 15) is 9.59 Å². The smallest absolute Gasteiger partial charge is 0.257 e. The molecular weight excluding hydrogens is 456 g/mol. The summed E-state index contributed by atoms with van der Waals surface area (Å²) in [7, 11) is 0. The molecule has 2 fully saturated rings. The van der Waals surface area contributed by atoms with Crippen LogP contribution in [0.15, 0.2) is 53.0 Å². The Labute approximate surface area is 192 Å². The largest absolute Gasteiger partial charge is 0.488 e. The molecule has 4 rings (SSSR count). The average molecular weight is 485 g/mol. The fourth-order valence-corrected chi connectivity index (χ4v) is 4.88. The molecule has 0 radical (unpaired) electrons. The maximum absolute atomic E-state index is 13.2. The summed E-state index contributed by atoms with van der Waals surface area (Å²) >= 11 is 3.48. The van der Waals surface area contributed by atoms with Crippen LogP contribution in [-0.2, 0) is 11.4 Å². The number of rotatable bonds is 5. The molecule has 0 unspecified atom stereocenters. The minimum atomic E-state index is -0.0197. The molecule has 0 spiro atoms. The normalized spacial score (nSPS) is 17.5. The van der Waals surface area contributed by atoms with Gasteiger partial charge >= 0.3 is 0 Å². The first-order valence-corrected chi connectivity index (χ1v) is 12.0. The molecule has 0 atom stereocenters. The van der Waals surface area contributed by atoms with E-state index in [0.717, 1.165) is 48.8 Å². The van der Waals surface area contributed by atoms with Gasteiger partial charge in [0.05, 0.1) is 5.56 Å². The van der Waals surface area contributed by atoms with Gasteiger partial charge in [0.1, 0.15) is 12.4 Å². The lowest BCUT2D eigenvalue weighted by molar-refractivity contribution is -0.137. The number of halogens is 1. The van der Waals surface area contributed by atoms with Gasteiger partial charge in [-0.2, -0.15) is 0 Å². The van der Waals surface area contributed by atoms with E-state index in [1.54, 1.807) is 0 Å². The van der Waals surface area contributed by atoms with Gasteiger partial charge in [0.2, 0.25) is 5.91 Å². The topological polar surface area (TPSA) is 49.9 Å². The minimum Gasteiger partial charge on any atom is -0.488 e. The Bertz CT molecular complexity index is 918. The van der Waals surface area contributed by atoms with Crippen LogP contribution >= 0.6 is 15.9 Å². The minimum absolute atomic E-state index is 0.0197. The van der Waals surface area contributed by atoms with Crippen LogP contribution in [0, 0.1) is 5.92 Å². The van der Waals surface area contributed by atoms with Crippen LogP contribution in [0.1, 0.15) is 48.0 Å². The standard InChI is InChI=1S/C25H29BrN2O3/c26-21-8-6-7-19(17-21)18-31-23-10-3-2-9-22(23)25(30)28-15-11-20(12-16-28)24(29)27-13-4-1-5-14-27/h2-3,6-10,17,20H,1,4-5,11-16,18H2. The Hall–Kier alpha value is -2.34. The molecular formula is C25H29BrN2O3. The maximum Gasteiger partial charge on any atom is 0.257 e. The zero-order valence-corrected chi connectivity index (χ0v) is 19.4. The fraction of sp³-hybridized carbons (Fsp3) is 0.440. The van der Waals surface area contributed by atoms with Crippen molar-refractivity contribution >= 4 is 27.7 Å². The average Bonchev–Trinajstić information content (AvgIpc) is 2.83. The first-order chi connectivity index (χ1) is 15.1. The molecule has 2 saturated heterocycles. The molecule has 2 aliphatic rings. The number of hydrogen-bond donors (Lipinski definition) is 0. The van der Waals surface area contributed by atoms with Crippen LogP contribution < -0.4 is 4.74 Å². The van der Waals surface area contributed by atoms with E-state index >= 15 is 0 Å². The Morgan fingerprint density at radius 2 is 1.65 bits per heavy atom. The Balaban J connectivity index is 1.36. The summed E-state index contributed by atoms with van der Waals surface area (Å²) in [5, 5.41) is 0. The molecule has 0 saturated carbocycles. The molecule has 5 nitrogen and oxygen atoms in total. The lowest BCUT2D eigenvalue weighted by Crippen LogP contribution is -2.45. The summed E-state index contributed by atoms with van der Waals surface area (Å²) in [5.74, 6) is 0.905. The van der Waals surface area contributed by atoms with Gasteiger partial charge < -0.3 is 14.5 Å². The molecule has 6 heteroatoms. The third kappa shape index (κ3) is 5.48. The lowest BCUT2D eigenvalue weighted by Gasteiger charge is -2.35. The second kappa shape index (κ2) is 10.3. The summed E-state index contributed by atoms with van der Waals surface area (Å²) in [6.45, 7) is 3.41. The molecule has 0 aromatic heterocycles. The van der Waals surface area contributed by atoms with E-state index in [1.165, 1.54) is 6.42 Å². The van der Waals surface area contributed by atoms with E-state index in [1.807, 2.05) is 58.3 Å². The van der Waals surface area contributed by atoms with Crippen LogP contribution in [0.5, 0.6) is 5.75 Å². The van der Waals surface area contributed by atoms with E-state index in [2.05, 4.69) is 15.9 Å². The van der Waals surface area contributed by atoms with Gasteiger partial charge in [0.15, 0.2) is 0 Å². The van der Waals surface area contributed by atoms with Crippen molar-refractivity contribution in [3.63, 3.8) is 0 Å². The van der Waals surface area contributed by atoms with Gasteiger partial charge in [-0.05, 0) is 61.9 Å². The monoisotopic (exact) mass is 484 g/mol. The van der Waals surface area contributed by atoms with Crippen molar-refractivity contribution in [3.8, 4) is 5.75 Å². The molecule has 0 N–H and O–H groups in total. The van der Waals surface area contributed by atoms with Gasteiger partial charge in [-0.1, -0.05) is 40.2 Å². The van der Waals surface area contributed by atoms with E-state index in [-0.39, 0.29) is 17.7 Å². The number of piperidine rings is 2. The van der Waals surface area contributed by atoms with Crippen molar-refractivity contribution in [2.24, 2.45) is 5.92 Å². The SMILES string of the molecule is O=C(c1ccccc1OCc1cccc(Br)c1)N1CCC(C(=O)N2CCCCC2)CC1. The van der Waals surface area contributed by atoms with Gasteiger partial charge in [-0.25, -0.2) is 0 Å². The van der Waals surface area contributed by atoms with E-state index in [0.29, 0.717) is 31.0 Å². The molecule has 164 valence electrons. The maximum atomic E-state index is 13.2. The quantitative estimate of drug-likeness (QED) is 0.606. The summed E-state index contributed by atoms with van der Waals surface area (Å²) in [4.78, 5) is 29.9. The Morgan fingerprint density at radius 1 is 0.903 bits per heavy atom. The number of para-hydroxylation sites is 1. The number of ether oxygens (including phenoxy) is 1. The summed E-state index contributed by atoms with van der Waals surface area (Å²) < 4.78 is 7.00. The molecule has 2 amide bonds. The fourth-order valence-electron chi connectivity index (χ4n) is 4.43. The van der Waals surface area contributed by atoms with Crippen molar-refractivity contribution < 1.29 is 14.3 Å². The third-order valence-corrected chi connectivity index (χ3v) is 6.69. The molecule has 0 aliphatic carbocycles. The number of hydrogen-bond acceptors (Lipinski definition) is 3. The third-order valence-electron chi connectivity index (χ3n) is 6.20. The summed E-state index contributed by atoms with van der Waals surface area (Å²) in [6.07, 6.45) is 4.92. The second-order valence-electron chi connectivity index (χ2n) is 8.37. The molecule has 31 heavy (non-hydrogen) atoms. The molecule has 2 aromatic carbocycles. The first-order valence-electron chi connectivity index (χ1n) is 11.2. The number of nitrogens with zero attached hydrogens (tertiary/aromatic N) is 2. The number of amides is 2. The van der Waals surface area contributed by atoms with Gasteiger partial charge in [-0.15, -0.1) is 0 Å². The Kier molecular flexibility index (Phi) is 7.28. The predicted octanol–water partition coefficient (Wildman–Crippen LogP) is 4.89. The van der Waals surface area contributed by atoms with Crippen LogP contribution in [0.3, 0.4) is 0 Å². The van der Waals surface area contributed by atoms with Crippen LogP contribution in [0.2, 0.25) is 0 Å². The van der Waals surface area contributed by atoms with Gasteiger partial charge in [-0.3, -0.25) is 9.59 Å². The highest BCUT2D eigenvalue weighted by Gasteiger charge is 2.31. The number of benzene rings is 2. The highest BCUT2D eigenvalue weighted by atomic mass is 79.9. The van der Waals surface area contributed by atoms with E-state index in [4.69, 9.17) is 4.74 Å². The van der Waals surface area contributed by atoms with Crippen molar-refractivity contribution in [2.45, 2.75) is 38.7 Å². The van der Waals surface area contributed by atoms with Gasteiger partial charge in [0, 0.05) is 36.6 Å². The highest BCUT2D eigenvalue weighted by molar-refractivity contribution is 9.10. The molecule has 2 heterocycles. The number of carbonyl (C=O) groups is 2. The summed E-state index contributed by atoms with van der Waals surface area (Å²) in [6, 6.07) is 15.4. The number of likely N-dealkylation sites (tertiary alicyclic amines) is 2. The molecule has 2 aromatic rings. The van der Waals surface area contributed by atoms with Crippen molar-refractivity contribution in [3.05, 3.63) is 64.1 Å². The van der Waals surface area contributed by atoms with Gasteiger partial charge in [0.25, 0.3) is 5.91 Å².